The number of esters is 1. The third-order valence-corrected chi connectivity index (χ3v) is 9.52. The second kappa shape index (κ2) is 16.6. The molecule has 0 saturated heterocycles. The van der Waals surface area contributed by atoms with Crippen LogP contribution in [-0.2, 0) is 14.5 Å². The van der Waals surface area contributed by atoms with Gasteiger partial charge in [0.25, 0.3) is 0 Å². The Balaban J connectivity index is 1.38. The summed E-state index contributed by atoms with van der Waals surface area (Å²) in [6, 6.07) is 13.1. The van der Waals surface area contributed by atoms with Gasteiger partial charge in [-0.1, -0.05) is 82.9 Å². The normalized spacial score (nSPS) is 21.7. The Bertz CT molecular complexity index is 1270. The quantitative estimate of drug-likeness (QED) is 0.0565. The van der Waals surface area contributed by atoms with Crippen molar-refractivity contribution in [2.24, 2.45) is 17.8 Å². The van der Waals surface area contributed by atoms with E-state index in [-0.39, 0.29) is 22.6 Å². The van der Waals surface area contributed by atoms with Crippen LogP contribution in [0.4, 0.5) is 0 Å². The van der Waals surface area contributed by atoms with E-state index in [4.69, 9.17) is 19.6 Å². The summed E-state index contributed by atoms with van der Waals surface area (Å²) in [5.41, 5.74) is 2.62. The Labute approximate surface area is 261 Å². The molecule has 2 aliphatic rings. The fourth-order valence-corrected chi connectivity index (χ4v) is 6.80. The predicted molar refractivity (Wildman–Crippen MR) is 171 cm³/mol. The fourth-order valence-electron chi connectivity index (χ4n) is 6.80. The maximum absolute atomic E-state index is 12.3. The van der Waals surface area contributed by atoms with Crippen LogP contribution in [0, 0.1) is 17.8 Å². The molecule has 7 heteroatoms. The molecule has 0 heterocycles. The van der Waals surface area contributed by atoms with E-state index < -0.39 is 25.2 Å². The van der Waals surface area contributed by atoms with Crippen molar-refractivity contribution < 1.29 is 34.3 Å². The Morgan fingerprint density at radius 1 is 0.750 bits per heavy atom. The molecule has 2 aliphatic carbocycles. The maximum Gasteiger partial charge on any atom is 0.383 e. The molecule has 0 radical (unpaired) electrons. The van der Waals surface area contributed by atoms with Gasteiger partial charge in [0.1, 0.15) is 5.75 Å². The van der Waals surface area contributed by atoms with Crippen LogP contribution in [0.1, 0.15) is 95.5 Å². The number of aliphatic hydroxyl groups is 2. The van der Waals surface area contributed by atoms with Gasteiger partial charge >= 0.3 is 11.9 Å². The van der Waals surface area contributed by atoms with Crippen molar-refractivity contribution in [1.82, 2.24) is 0 Å². The largest absolute Gasteiger partial charge is 0.423 e. The molecule has 44 heavy (non-hydrogen) atoms. The monoisotopic (exact) mass is 604 g/mol. The number of hydrogen-bond acceptors (Lipinski definition) is 7. The lowest BCUT2D eigenvalue weighted by Gasteiger charge is -2.38. The fraction of sp³-hybridized carbons (Fsp3) is 0.514. The third-order valence-electron chi connectivity index (χ3n) is 9.52. The smallest absolute Gasteiger partial charge is 0.383 e. The molecule has 0 unspecified atom stereocenters. The molecule has 2 fully saturated rings. The first kappa shape index (κ1) is 33.5. The Morgan fingerprint density at radius 3 is 1.95 bits per heavy atom. The van der Waals surface area contributed by atoms with E-state index in [0.717, 1.165) is 23.3 Å². The number of unbranched alkanes of at least 4 members (excludes halogenated alkanes) is 2. The summed E-state index contributed by atoms with van der Waals surface area (Å²) in [4.78, 5) is 34.1. The minimum absolute atomic E-state index is 0.0993. The lowest BCUT2D eigenvalue weighted by molar-refractivity contribution is -0.209. The van der Waals surface area contributed by atoms with Crippen LogP contribution in [0.25, 0.3) is 11.1 Å². The second-order valence-electron chi connectivity index (χ2n) is 12.6. The Morgan fingerprint density at radius 2 is 1.34 bits per heavy atom. The molecule has 0 spiro atoms. The van der Waals surface area contributed by atoms with Crippen molar-refractivity contribution in [1.29, 1.82) is 0 Å². The molecule has 0 aliphatic heterocycles. The zero-order chi connectivity index (χ0) is 31.5. The molecule has 2 aromatic rings. The summed E-state index contributed by atoms with van der Waals surface area (Å²) in [6.45, 7) is 8.10. The minimum atomic E-state index is -0.917. The summed E-state index contributed by atoms with van der Waals surface area (Å²) >= 11 is 0. The van der Waals surface area contributed by atoms with Gasteiger partial charge in [0, 0.05) is 6.07 Å². The standard InChI is InChI=1S/C37H48O7/c1-4-5-6-7-27-8-10-28(11-9-27)29-12-14-30(15-13-29)31-16-18-32(19-17-31)33-20-34(42-36(40)25(2)23-38)22-35(21-33)43-44-37(41)26(3)24-39/h16-22,27-30,38-39H,2-15,23-24H2,1H3. The summed E-state index contributed by atoms with van der Waals surface area (Å²) in [5.74, 6) is 1.84. The summed E-state index contributed by atoms with van der Waals surface area (Å²) < 4.78 is 5.38. The number of hydrogen-bond donors (Lipinski definition) is 2. The highest BCUT2D eigenvalue weighted by molar-refractivity contribution is 5.90. The van der Waals surface area contributed by atoms with Crippen LogP contribution in [0.15, 0.2) is 66.8 Å². The van der Waals surface area contributed by atoms with Gasteiger partial charge < -0.3 is 14.9 Å². The number of carbonyl (C=O) groups is 2. The molecular weight excluding hydrogens is 556 g/mol. The molecule has 2 saturated carbocycles. The van der Waals surface area contributed by atoms with Gasteiger partial charge in [-0.05, 0) is 91.0 Å². The Hall–Kier alpha value is -3.42. The van der Waals surface area contributed by atoms with E-state index >= 15 is 0 Å². The van der Waals surface area contributed by atoms with E-state index in [1.807, 2.05) is 12.1 Å². The number of ether oxygens (including phenoxy) is 1. The molecule has 0 amide bonds. The SMILES string of the molecule is C=C(CO)C(=O)OOc1cc(OC(=O)C(=C)CO)cc(-c2ccc(C3CCC(C4CCC(CCCCC)CC4)CC3)cc2)c1. The number of aliphatic hydroxyl groups excluding tert-OH is 2. The zero-order valence-corrected chi connectivity index (χ0v) is 26.1. The average Bonchev–Trinajstić information content (AvgIpc) is 3.07. The summed E-state index contributed by atoms with van der Waals surface area (Å²) in [7, 11) is 0. The molecule has 2 N–H and O–H groups in total. The maximum atomic E-state index is 12.3. The highest BCUT2D eigenvalue weighted by atomic mass is 17.2. The number of carbonyl (C=O) groups excluding carboxylic acids is 2. The van der Waals surface area contributed by atoms with Crippen LogP contribution < -0.4 is 9.62 Å². The third kappa shape index (κ3) is 9.29. The van der Waals surface area contributed by atoms with Gasteiger partial charge in [-0.15, -0.1) is 0 Å². The first-order valence-electron chi connectivity index (χ1n) is 16.2. The lowest BCUT2D eigenvalue weighted by atomic mass is 9.68. The highest BCUT2D eigenvalue weighted by Crippen LogP contribution is 2.45. The van der Waals surface area contributed by atoms with E-state index in [1.165, 1.54) is 88.7 Å². The molecule has 2 aromatic carbocycles. The lowest BCUT2D eigenvalue weighted by Crippen LogP contribution is -2.25. The zero-order valence-electron chi connectivity index (χ0n) is 26.1. The summed E-state index contributed by atoms with van der Waals surface area (Å²) in [6.07, 6.45) is 16.3. The van der Waals surface area contributed by atoms with E-state index in [0.29, 0.717) is 11.5 Å². The van der Waals surface area contributed by atoms with Crippen LogP contribution in [0.3, 0.4) is 0 Å². The Kier molecular flexibility index (Phi) is 12.6. The van der Waals surface area contributed by atoms with Gasteiger partial charge in [0.15, 0.2) is 5.75 Å². The van der Waals surface area contributed by atoms with Crippen molar-refractivity contribution in [3.05, 3.63) is 72.3 Å². The van der Waals surface area contributed by atoms with E-state index in [9.17, 15) is 14.7 Å². The molecule has 7 nitrogen and oxygen atoms in total. The van der Waals surface area contributed by atoms with Gasteiger partial charge in [0.2, 0.25) is 0 Å². The molecule has 238 valence electrons. The minimum Gasteiger partial charge on any atom is -0.423 e. The van der Waals surface area contributed by atoms with E-state index in [2.05, 4.69) is 32.2 Å². The first-order valence-corrected chi connectivity index (χ1v) is 16.2. The van der Waals surface area contributed by atoms with Crippen molar-refractivity contribution >= 4 is 11.9 Å². The van der Waals surface area contributed by atoms with Crippen molar-refractivity contribution in [2.75, 3.05) is 13.2 Å². The number of benzene rings is 2. The topological polar surface area (TPSA) is 102 Å². The highest BCUT2D eigenvalue weighted by Gasteiger charge is 2.31. The molecule has 4 rings (SSSR count). The second-order valence-corrected chi connectivity index (χ2v) is 12.6. The van der Waals surface area contributed by atoms with Gasteiger partial charge in [-0.25, -0.2) is 14.5 Å². The van der Waals surface area contributed by atoms with Gasteiger partial charge in [-0.2, -0.15) is 0 Å². The van der Waals surface area contributed by atoms with Crippen LogP contribution in [0.5, 0.6) is 11.5 Å². The van der Waals surface area contributed by atoms with Crippen LogP contribution in [-0.4, -0.2) is 35.4 Å². The molecule has 0 bridgehead atoms. The van der Waals surface area contributed by atoms with Gasteiger partial charge in [-0.3, -0.25) is 4.89 Å². The predicted octanol–water partition coefficient (Wildman–Crippen LogP) is 7.85. The molecule has 0 atom stereocenters. The molecular formula is C37H48O7. The molecule has 0 aromatic heterocycles. The summed E-state index contributed by atoms with van der Waals surface area (Å²) in [5, 5.41) is 18.3. The van der Waals surface area contributed by atoms with Crippen molar-refractivity contribution in [3.63, 3.8) is 0 Å². The average molecular weight is 605 g/mol. The van der Waals surface area contributed by atoms with Gasteiger partial charge in [0.05, 0.1) is 24.4 Å². The first-order chi connectivity index (χ1) is 21.3. The van der Waals surface area contributed by atoms with Crippen molar-refractivity contribution in [3.8, 4) is 22.6 Å². The van der Waals surface area contributed by atoms with Crippen LogP contribution in [0.2, 0.25) is 0 Å². The van der Waals surface area contributed by atoms with E-state index in [1.54, 1.807) is 12.1 Å². The van der Waals surface area contributed by atoms with Crippen molar-refractivity contribution in [2.45, 2.75) is 89.9 Å². The van der Waals surface area contributed by atoms with Crippen LogP contribution >= 0.6 is 0 Å². The number of rotatable bonds is 14.